The van der Waals surface area contributed by atoms with E-state index in [4.69, 9.17) is 9.47 Å². The number of nitrogens with zero attached hydrogens (tertiary/aromatic N) is 3. The number of anilines is 1. The average molecular weight is 492 g/mol. The van der Waals surface area contributed by atoms with Crippen molar-refractivity contribution in [1.82, 2.24) is 14.9 Å². The van der Waals surface area contributed by atoms with Crippen LogP contribution >= 0.6 is 0 Å². The summed E-state index contributed by atoms with van der Waals surface area (Å²) >= 11 is 0. The zero-order valence-electron chi connectivity index (χ0n) is 19.8. The third-order valence-electron chi connectivity index (χ3n) is 5.94. The molecule has 0 radical (unpaired) electrons. The largest absolute Gasteiger partial charge is 0.416 e. The van der Waals surface area contributed by atoms with Gasteiger partial charge in [-0.2, -0.15) is 13.2 Å². The minimum Gasteiger partial charge on any atom is -0.347 e. The second kappa shape index (κ2) is 9.19. The van der Waals surface area contributed by atoms with Gasteiger partial charge in [-0.25, -0.2) is 4.98 Å². The Hall–Kier alpha value is -3.05. The van der Waals surface area contributed by atoms with Crippen molar-refractivity contribution in [2.24, 2.45) is 5.92 Å². The fourth-order valence-corrected chi connectivity index (χ4v) is 4.31. The molecule has 0 aliphatic carbocycles. The fourth-order valence-electron chi connectivity index (χ4n) is 4.31. The smallest absolute Gasteiger partial charge is 0.347 e. The van der Waals surface area contributed by atoms with Crippen molar-refractivity contribution in [2.75, 3.05) is 11.9 Å². The predicted octanol–water partition coefficient (Wildman–Crippen LogP) is 4.33. The molecule has 0 bridgehead atoms. The summed E-state index contributed by atoms with van der Waals surface area (Å²) in [5.74, 6) is -1.72. The molecule has 3 heterocycles. The third kappa shape index (κ3) is 5.30. The molecule has 2 atom stereocenters. The lowest BCUT2D eigenvalue weighted by atomic mass is 10.0. The number of ether oxygens (including phenoxy) is 2. The molecule has 4 rings (SSSR count). The molecular formula is C24H27F3N4O4. The van der Waals surface area contributed by atoms with Crippen molar-refractivity contribution in [3.63, 3.8) is 0 Å². The van der Waals surface area contributed by atoms with Gasteiger partial charge in [-0.15, -0.1) is 0 Å². The molecule has 2 aromatic rings. The summed E-state index contributed by atoms with van der Waals surface area (Å²) in [5.41, 5.74) is -0.473. The molecule has 2 aliphatic rings. The number of alkyl halides is 3. The predicted molar refractivity (Wildman–Crippen MR) is 119 cm³/mol. The number of carbonyl (C=O) groups is 2. The van der Waals surface area contributed by atoms with E-state index in [2.05, 4.69) is 15.3 Å². The molecule has 188 valence electrons. The number of benzene rings is 1. The summed E-state index contributed by atoms with van der Waals surface area (Å²) in [6, 6.07) is 2.53. The van der Waals surface area contributed by atoms with Crippen LogP contribution in [0.1, 0.15) is 67.4 Å². The van der Waals surface area contributed by atoms with E-state index in [9.17, 15) is 22.8 Å². The summed E-state index contributed by atoms with van der Waals surface area (Å²) in [6.07, 6.45) is -1.88. The van der Waals surface area contributed by atoms with Crippen molar-refractivity contribution in [3.8, 4) is 0 Å². The summed E-state index contributed by atoms with van der Waals surface area (Å²) in [6.45, 7) is 7.35. The molecule has 2 amide bonds. The molecule has 2 aliphatic heterocycles. The van der Waals surface area contributed by atoms with Crippen molar-refractivity contribution >= 4 is 17.6 Å². The third-order valence-corrected chi connectivity index (χ3v) is 5.94. The van der Waals surface area contributed by atoms with Crippen LogP contribution in [0.5, 0.6) is 0 Å². The van der Waals surface area contributed by atoms with Crippen LogP contribution in [-0.2, 0) is 27.0 Å². The summed E-state index contributed by atoms with van der Waals surface area (Å²) in [7, 11) is 0. The van der Waals surface area contributed by atoms with Crippen LogP contribution in [0, 0.1) is 5.92 Å². The number of aromatic nitrogens is 2. The highest BCUT2D eigenvalue weighted by Gasteiger charge is 2.42. The van der Waals surface area contributed by atoms with E-state index in [1.165, 1.54) is 29.4 Å². The number of nitrogens with one attached hydrogen (secondary N) is 1. The first-order valence-electron chi connectivity index (χ1n) is 11.3. The first-order valence-corrected chi connectivity index (χ1v) is 11.3. The van der Waals surface area contributed by atoms with Gasteiger partial charge in [0.15, 0.2) is 11.6 Å². The highest BCUT2D eigenvalue weighted by Crippen LogP contribution is 2.38. The number of fused-ring (bicyclic) bond motifs is 1. The van der Waals surface area contributed by atoms with Crippen LogP contribution in [0.15, 0.2) is 30.6 Å². The minimum absolute atomic E-state index is 0.000628. The minimum atomic E-state index is -4.60. The molecule has 8 nitrogen and oxygen atoms in total. The maximum absolute atomic E-state index is 13.5. The summed E-state index contributed by atoms with van der Waals surface area (Å²) in [4.78, 5) is 35.9. The number of carbonyl (C=O) groups excluding carboxylic acids is 2. The Kier molecular flexibility index (Phi) is 6.58. The molecule has 1 saturated heterocycles. The van der Waals surface area contributed by atoms with Crippen LogP contribution in [0.25, 0.3) is 0 Å². The monoisotopic (exact) mass is 492 g/mol. The summed E-state index contributed by atoms with van der Waals surface area (Å²) in [5, 5.41) is 2.65. The van der Waals surface area contributed by atoms with Crippen LogP contribution in [0.2, 0.25) is 0 Å². The van der Waals surface area contributed by atoms with Gasteiger partial charge in [0.2, 0.25) is 5.91 Å². The first-order chi connectivity index (χ1) is 16.4. The van der Waals surface area contributed by atoms with Crippen LogP contribution in [-0.4, -0.2) is 45.1 Å². The Balaban J connectivity index is 1.52. The lowest BCUT2D eigenvalue weighted by molar-refractivity contribution is -0.139. The molecule has 1 N–H and O–H groups in total. The van der Waals surface area contributed by atoms with E-state index >= 15 is 0 Å². The molecule has 0 spiro atoms. The number of halogens is 3. The maximum atomic E-state index is 13.5. The zero-order valence-corrected chi connectivity index (χ0v) is 19.8. The van der Waals surface area contributed by atoms with Crippen molar-refractivity contribution in [1.29, 1.82) is 0 Å². The fraction of sp³-hybridized carbons (Fsp3) is 0.500. The van der Waals surface area contributed by atoms with Crippen molar-refractivity contribution in [3.05, 3.63) is 53.0 Å². The van der Waals surface area contributed by atoms with Crippen LogP contribution in [0.3, 0.4) is 0 Å². The van der Waals surface area contributed by atoms with Gasteiger partial charge in [0.25, 0.3) is 5.91 Å². The maximum Gasteiger partial charge on any atom is 0.416 e. The van der Waals surface area contributed by atoms with Gasteiger partial charge in [-0.1, -0.05) is 19.9 Å². The number of hydrogen-bond donors (Lipinski definition) is 1. The number of hydrogen-bond acceptors (Lipinski definition) is 6. The second-order valence-corrected chi connectivity index (χ2v) is 9.54. The molecule has 0 saturated carbocycles. The quantitative estimate of drug-likeness (QED) is 0.645. The van der Waals surface area contributed by atoms with E-state index in [0.717, 1.165) is 6.07 Å². The Morgan fingerprint density at radius 1 is 1.26 bits per heavy atom. The number of rotatable bonds is 6. The topological polar surface area (TPSA) is 93.7 Å². The molecule has 1 aromatic heterocycles. The lowest BCUT2D eigenvalue weighted by Gasteiger charge is -2.28. The van der Waals surface area contributed by atoms with Gasteiger partial charge in [0.05, 0.1) is 30.3 Å². The molecule has 1 aromatic carbocycles. The molecule has 1 fully saturated rings. The Labute approximate surface area is 200 Å². The first kappa shape index (κ1) is 25.1. The van der Waals surface area contributed by atoms with E-state index in [-0.39, 0.29) is 41.9 Å². The van der Waals surface area contributed by atoms with Crippen molar-refractivity contribution in [2.45, 2.75) is 64.8 Å². The Bertz CT molecular complexity index is 1120. The average Bonchev–Trinajstić information content (AvgIpc) is 3.30. The van der Waals surface area contributed by atoms with Crippen molar-refractivity contribution < 1.29 is 32.2 Å². The van der Waals surface area contributed by atoms with E-state index in [0.29, 0.717) is 12.3 Å². The van der Waals surface area contributed by atoms with E-state index in [1.54, 1.807) is 13.8 Å². The molecule has 0 unspecified atom stereocenters. The van der Waals surface area contributed by atoms with Crippen LogP contribution in [0.4, 0.5) is 19.0 Å². The second-order valence-electron chi connectivity index (χ2n) is 9.54. The van der Waals surface area contributed by atoms with Gasteiger partial charge < -0.3 is 19.7 Å². The van der Waals surface area contributed by atoms with Gasteiger partial charge in [0, 0.05) is 12.1 Å². The summed E-state index contributed by atoms with van der Waals surface area (Å²) < 4.78 is 51.8. The van der Waals surface area contributed by atoms with Crippen LogP contribution < -0.4 is 5.32 Å². The Morgan fingerprint density at radius 2 is 2.00 bits per heavy atom. The van der Waals surface area contributed by atoms with Gasteiger partial charge in [-0.3, -0.25) is 14.6 Å². The standard InChI is InChI=1S/C24H27F3N4O4/c1-13(2)8-18(31-11-15-14(22(31)33)6-5-7-16(15)24(25,26)27)21(32)30-20-10-28-17(9-29-20)19-12-34-23(3,4)35-19/h5-7,9-10,13,18-19H,8,11-12H2,1-4H3,(H,29,30,32)/t18-,19+/m0/s1. The van der Waals surface area contributed by atoms with Gasteiger partial charge >= 0.3 is 6.18 Å². The Morgan fingerprint density at radius 3 is 2.57 bits per heavy atom. The van der Waals surface area contributed by atoms with Gasteiger partial charge in [-0.05, 0) is 43.9 Å². The molecule has 35 heavy (non-hydrogen) atoms. The molecular weight excluding hydrogens is 465 g/mol. The van der Waals surface area contributed by atoms with E-state index in [1.807, 2.05) is 13.8 Å². The lowest BCUT2D eigenvalue weighted by Crippen LogP contribution is -2.45. The normalized spacial score (nSPS) is 20.3. The zero-order chi connectivity index (χ0) is 25.5. The van der Waals surface area contributed by atoms with Gasteiger partial charge in [0.1, 0.15) is 12.1 Å². The highest BCUT2D eigenvalue weighted by molar-refractivity contribution is 6.03. The van der Waals surface area contributed by atoms with E-state index < -0.39 is 35.4 Å². The SMILES string of the molecule is CC(C)C[C@@H](C(=O)Nc1cnc([C@H]2COC(C)(C)O2)cn1)N1Cc2c(cccc2C(F)(F)F)C1=O. The highest BCUT2D eigenvalue weighted by atomic mass is 19.4. The number of amides is 2. The molecule has 11 heteroatoms.